The molecule has 0 radical (unpaired) electrons. The Hall–Kier alpha value is -2.73. The fourth-order valence-corrected chi connectivity index (χ4v) is 3.62. The van der Waals surface area contributed by atoms with E-state index in [4.69, 9.17) is 9.47 Å². The largest absolute Gasteiger partial charge is 0.481 e. The average Bonchev–Trinajstić information content (AvgIpc) is 2.93. The first-order chi connectivity index (χ1) is 12.1. The molecule has 6 heteroatoms. The van der Waals surface area contributed by atoms with Crippen molar-refractivity contribution >= 4 is 11.8 Å². The van der Waals surface area contributed by atoms with Crippen LogP contribution in [0.4, 0.5) is 0 Å². The normalized spacial score (nSPS) is 17.9. The quantitative estimate of drug-likeness (QED) is 0.682. The van der Waals surface area contributed by atoms with E-state index in [2.05, 4.69) is 10.3 Å². The number of carbonyl (C=O) groups is 2. The van der Waals surface area contributed by atoms with E-state index in [1.165, 1.54) is 13.3 Å². The fraction of sp³-hybridized carbons (Fsp3) is 0.316. The lowest BCUT2D eigenvalue weighted by Gasteiger charge is -2.33. The summed E-state index contributed by atoms with van der Waals surface area (Å²) in [5, 5.41) is 3.28. The molecule has 2 aliphatic rings. The maximum absolute atomic E-state index is 12.9. The molecule has 4 rings (SSSR count). The summed E-state index contributed by atoms with van der Waals surface area (Å²) in [5.74, 6) is -0.222. The molecule has 0 aliphatic carbocycles. The number of ketones is 1. The van der Waals surface area contributed by atoms with Crippen LogP contribution in [0.25, 0.3) is 0 Å². The Bertz CT molecular complexity index is 839. The molecule has 1 aromatic heterocycles. The highest BCUT2D eigenvalue weighted by molar-refractivity contribution is 6.15. The van der Waals surface area contributed by atoms with Crippen LogP contribution in [-0.2, 0) is 10.3 Å². The van der Waals surface area contributed by atoms with E-state index in [0.717, 1.165) is 18.7 Å². The third-order valence-electron chi connectivity index (χ3n) is 4.91. The number of ether oxygens (including phenoxy) is 2. The summed E-state index contributed by atoms with van der Waals surface area (Å²) in [5.41, 5.74) is 1.39. The van der Waals surface area contributed by atoms with Gasteiger partial charge < -0.3 is 14.8 Å². The summed E-state index contributed by atoms with van der Waals surface area (Å²) in [6.45, 7) is 1.57. The van der Waals surface area contributed by atoms with Crippen LogP contribution in [0.5, 0.6) is 5.88 Å². The topological polar surface area (TPSA) is 77.5 Å². The Morgan fingerprint density at radius 2 is 2.04 bits per heavy atom. The number of carbonyl (C=O) groups excluding carboxylic acids is 2. The third-order valence-corrected chi connectivity index (χ3v) is 4.91. The maximum atomic E-state index is 12.9. The van der Waals surface area contributed by atoms with Gasteiger partial charge in [-0.05, 0) is 19.2 Å². The summed E-state index contributed by atoms with van der Waals surface area (Å²) in [4.78, 5) is 29.6. The summed E-state index contributed by atoms with van der Waals surface area (Å²) >= 11 is 0. The van der Waals surface area contributed by atoms with Crippen LogP contribution in [0.2, 0.25) is 0 Å². The van der Waals surface area contributed by atoms with E-state index < -0.39 is 11.6 Å². The highest BCUT2D eigenvalue weighted by Gasteiger charge is 2.47. The minimum atomic E-state index is -0.605. The summed E-state index contributed by atoms with van der Waals surface area (Å²) < 4.78 is 10.8. The van der Waals surface area contributed by atoms with Gasteiger partial charge in [-0.15, -0.1) is 0 Å². The Morgan fingerprint density at radius 3 is 2.72 bits per heavy atom. The Morgan fingerprint density at radius 1 is 1.24 bits per heavy atom. The fourth-order valence-electron chi connectivity index (χ4n) is 3.62. The van der Waals surface area contributed by atoms with Gasteiger partial charge >= 0.3 is 5.97 Å². The second kappa shape index (κ2) is 5.97. The number of rotatable bonds is 3. The molecule has 25 heavy (non-hydrogen) atoms. The molecule has 1 spiro atoms. The first kappa shape index (κ1) is 15.8. The number of nitrogens with one attached hydrogen (secondary N) is 1. The van der Waals surface area contributed by atoms with Crippen molar-refractivity contribution in [1.82, 2.24) is 10.3 Å². The van der Waals surface area contributed by atoms with Crippen molar-refractivity contribution in [3.63, 3.8) is 0 Å². The predicted octanol–water partition coefficient (Wildman–Crippen LogP) is 2.07. The van der Waals surface area contributed by atoms with E-state index in [9.17, 15) is 9.59 Å². The van der Waals surface area contributed by atoms with Crippen LogP contribution in [0.1, 0.15) is 44.7 Å². The molecular weight excluding hydrogens is 320 g/mol. The molecule has 128 valence electrons. The van der Waals surface area contributed by atoms with Crippen LogP contribution in [0, 0.1) is 0 Å². The van der Waals surface area contributed by atoms with Crippen molar-refractivity contribution < 1.29 is 19.1 Å². The number of pyridine rings is 1. The lowest BCUT2D eigenvalue weighted by molar-refractivity contribution is -0.0242. The van der Waals surface area contributed by atoms with E-state index in [0.29, 0.717) is 35.4 Å². The number of esters is 1. The van der Waals surface area contributed by atoms with Gasteiger partial charge in [0.15, 0.2) is 5.78 Å². The number of hydrogen-bond acceptors (Lipinski definition) is 6. The van der Waals surface area contributed by atoms with E-state index in [1.54, 1.807) is 18.2 Å². The molecule has 2 aliphatic heterocycles. The molecule has 0 amide bonds. The second-order valence-electron chi connectivity index (χ2n) is 6.28. The Kier molecular flexibility index (Phi) is 3.77. The number of benzene rings is 1. The SMILES string of the molecule is COc1ccc(C(=O)c2cccc3c2C(=O)OC32CCNCC2)cn1. The first-order valence-corrected chi connectivity index (χ1v) is 8.27. The van der Waals surface area contributed by atoms with Crippen molar-refractivity contribution in [3.8, 4) is 5.88 Å². The number of fused-ring (bicyclic) bond motifs is 2. The number of methoxy groups -OCH3 is 1. The molecule has 0 bridgehead atoms. The lowest BCUT2D eigenvalue weighted by Crippen LogP contribution is -2.39. The molecule has 1 N–H and O–H groups in total. The highest BCUT2D eigenvalue weighted by Crippen LogP contribution is 2.44. The van der Waals surface area contributed by atoms with Crippen molar-refractivity contribution in [2.45, 2.75) is 18.4 Å². The zero-order chi connectivity index (χ0) is 17.4. The van der Waals surface area contributed by atoms with Gasteiger partial charge in [-0.1, -0.05) is 18.2 Å². The lowest BCUT2D eigenvalue weighted by atomic mass is 9.82. The highest BCUT2D eigenvalue weighted by atomic mass is 16.6. The van der Waals surface area contributed by atoms with Crippen molar-refractivity contribution in [2.75, 3.05) is 20.2 Å². The molecule has 3 heterocycles. The predicted molar refractivity (Wildman–Crippen MR) is 89.9 cm³/mol. The molecule has 1 saturated heterocycles. The summed E-state index contributed by atoms with van der Waals surface area (Å²) in [6, 6.07) is 8.66. The maximum Gasteiger partial charge on any atom is 0.340 e. The van der Waals surface area contributed by atoms with E-state index >= 15 is 0 Å². The molecule has 0 unspecified atom stereocenters. The minimum Gasteiger partial charge on any atom is -0.481 e. The van der Waals surface area contributed by atoms with Gasteiger partial charge in [0, 0.05) is 41.8 Å². The molecule has 0 saturated carbocycles. The van der Waals surface area contributed by atoms with Crippen LogP contribution in [-0.4, -0.2) is 36.9 Å². The summed E-state index contributed by atoms with van der Waals surface area (Å²) in [6.07, 6.45) is 2.89. The van der Waals surface area contributed by atoms with E-state index in [-0.39, 0.29) is 5.78 Å². The molecular formula is C19H18N2O4. The number of nitrogens with zero attached hydrogens (tertiary/aromatic N) is 1. The van der Waals surface area contributed by atoms with Crippen molar-refractivity contribution in [2.24, 2.45) is 0 Å². The Labute approximate surface area is 145 Å². The number of aromatic nitrogens is 1. The van der Waals surface area contributed by atoms with Crippen molar-refractivity contribution in [1.29, 1.82) is 0 Å². The Balaban J connectivity index is 1.77. The van der Waals surface area contributed by atoms with Gasteiger partial charge in [0.2, 0.25) is 5.88 Å². The number of piperidine rings is 1. The minimum absolute atomic E-state index is 0.241. The monoisotopic (exact) mass is 338 g/mol. The second-order valence-corrected chi connectivity index (χ2v) is 6.28. The van der Waals surface area contributed by atoms with Gasteiger partial charge in [-0.25, -0.2) is 9.78 Å². The third kappa shape index (κ3) is 2.49. The van der Waals surface area contributed by atoms with Gasteiger partial charge in [0.1, 0.15) is 5.60 Å². The molecule has 1 aromatic carbocycles. The van der Waals surface area contributed by atoms with Gasteiger partial charge in [0.05, 0.1) is 12.7 Å². The average molecular weight is 338 g/mol. The van der Waals surface area contributed by atoms with Gasteiger partial charge in [-0.3, -0.25) is 4.79 Å². The standard InChI is InChI=1S/C19H18N2O4/c1-24-15-6-5-12(11-21-15)17(22)13-3-2-4-14-16(13)18(23)25-19(14)7-9-20-10-8-19/h2-6,11,20H,7-10H2,1H3. The molecule has 2 aromatic rings. The zero-order valence-corrected chi connectivity index (χ0v) is 13.9. The number of hydrogen-bond donors (Lipinski definition) is 1. The van der Waals surface area contributed by atoms with Crippen LogP contribution >= 0.6 is 0 Å². The van der Waals surface area contributed by atoms with Crippen LogP contribution in [0.15, 0.2) is 36.5 Å². The smallest absolute Gasteiger partial charge is 0.340 e. The molecule has 6 nitrogen and oxygen atoms in total. The first-order valence-electron chi connectivity index (χ1n) is 8.27. The summed E-state index contributed by atoms with van der Waals surface area (Å²) in [7, 11) is 1.52. The van der Waals surface area contributed by atoms with Gasteiger partial charge in [-0.2, -0.15) is 0 Å². The van der Waals surface area contributed by atoms with Crippen molar-refractivity contribution in [3.05, 3.63) is 58.8 Å². The van der Waals surface area contributed by atoms with E-state index in [1.807, 2.05) is 12.1 Å². The van der Waals surface area contributed by atoms with Crippen LogP contribution in [0.3, 0.4) is 0 Å². The molecule has 0 atom stereocenters. The zero-order valence-electron chi connectivity index (χ0n) is 13.9. The van der Waals surface area contributed by atoms with Gasteiger partial charge in [0.25, 0.3) is 0 Å². The van der Waals surface area contributed by atoms with Crippen LogP contribution < -0.4 is 10.1 Å². The molecule has 1 fully saturated rings.